The monoisotopic (exact) mass is 391 g/mol. The Hall–Kier alpha value is -2.73. The molecule has 7 heteroatoms. The van der Waals surface area contributed by atoms with Gasteiger partial charge < -0.3 is 19.5 Å². The first-order valence-corrected chi connectivity index (χ1v) is 8.99. The Labute approximate surface area is 163 Å². The Morgan fingerprint density at radius 1 is 1.04 bits per heavy atom. The van der Waals surface area contributed by atoms with Gasteiger partial charge in [0.15, 0.2) is 17.6 Å². The van der Waals surface area contributed by atoms with Crippen LogP contribution in [0.3, 0.4) is 0 Å². The SMILES string of the molecule is CCOc1ccc(C(=O)O[C@H](C)C(=O)Nc2cccc(Cl)c2)cc1OCC. The summed E-state index contributed by atoms with van der Waals surface area (Å²) in [5.74, 6) is -0.0955. The molecule has 2 aromatic carbocycles. The Bertz CT molecular complexity index is 809. The van der Waals surface area contributed by atoms with Crippen LogP contribution in [0, 0.1) is 0 Å². The second-order valence-corrected chi connectivity index (χ2v) is 6.01. The number of nitrogens with one attached hydrogen (secondary N) is 1. The number of carbonyl (C=O) groups is 2. The normalized spacial score (nSPS) is 11.4. The molecule has 0 aliphatic carbocycles. The predicted octanol–water partition coefficient (Wildman–Crippen LogP) is 4.32. The van der Waals surface area contributed by atoms with E-state index in [0.717, 1.165) is 0 Å². The van der Waals surface area contributed by atoms with Gasteiger partial charge in [-0.2, -0.15) is 0 Å². The van der Waals surface area contributed by atoms with Crippen LogP contribution in [0.2, 0.25) is 5.02 Å². The lowest BCUT2D eigenvalue weighted by molar-refractivity contribution is -0.123. The van der Waals surface area contributed by atoms with Crippen LogP contribution in [0.4, 0.5) is 5.69 Å². The number of halogens is 1. The molecule has 0 saturated heterocycles. The fourth-order valence-corrected chi connectivity index (χ4v) is 2.46. The average molecular weight is 392 g/mol. The van der Waals surface area contributed by atoms with Crippen LogP contribution in [0.15, 0.2) is 42.5 Å². The Balaban J connectivity index is 2.04. The Kier molecular flexibility index (Phi) is 7.49. The fraction of sp³-hybridized carbons (Fsp3) is 0.300. The maximum Gasteiger partial charge on any atom is 0.339 e. The largest absolute Gasteiger partial charge is 0.490 e. The second-order valence-electron chi connectivity index (χ2n) is 5.57. The van der Waals surface area contributed by atoms with Gasteiger partial charge in [-0.15, -0.1) is 0 Å². The maximum absolute atomic E-state index is 12.4. The highest BCUT2D eigenvalue weighted by molar-refractivity contribution is 6.30. The third-order valence-electron chi connectivity index (χ3n) is 3.52. The van der Waals surface area contributed by atoms with Crippen molar-refractivity contribution in [2.24, 2.45) is 0 Å². The number of ether oxygens (including phenoxy) is 3. The molecule has 0 saturated carbocycles. The topological polar surface area (TPSA) is 73.9 Å². The number of esters is 1. The summed E-state index contributed by atoms with van der Waals surface area (Å²) in [4.78, 5) is 24.6. The summed E-state index contributed by atoms with van der Waals surface area (Å²) in [6, 6.07) is 11.5. The molecular weight excluding hydrogens is 370 g/mol. The molecule has 6 nitrogen and oxygen atoms in total. The molecule has 0 fully saturated rings. The van der Waals surface area contributed by atoms with Crippen molar-refractivity contribution < 1.29 is 23.8 Å². The first-order chi connectivity index (χ1) is 12.9. The van der Waals surface area contributed by atoms with Crippen LogP contribution in [0.1, 0.15) is 31.1 Å². The molecule has 0 radical (unpaired) electrons. The van der Waals surface area contributed by atoms with Crippen molar-refractivity contribution in [1.29, 1.82) is 0 Å². The molecule has 0 bridgehead atoms. The van der Waals surface area contributed by atoms with E-state index in [1.807, 2.05) is 13.8 Å². The van der Waals surface area contributed by atoms with E-state index >= 15 is 0 Å². The van der Waals surface area contributed by atoms with E-state index in [9.17, 15) is 9.59 Å². The number of rotatable bonds is 8. The summed E-state index contributed by atoms with van der Waals surface area (Å²) in [6.07, 6.45) is -0.987. The van der Waals surface area contributed by atoms with Crippen molar-refractivity contribution in [3.05, 3.63) is 53.1 Å². The molecule has 0 aromatic heterocycles. The third kappa shape index (κ3) is 5.89. The standard InChI is InChI=1S/C20H22ClNO5/c1-4-25-17-10-9-14(11-18(17)26-5-2)20(24)27-13(3)19(23)22-16-8-6-7-15(21)12-16/h6-13H,4-5H2,1-3H3,(H,22,23)/t13-/m1/s1. The highest BCUT2D eigenvalue weighted by Crippen LogP contribution is 2.29. The van der Waals surface area contributed by atoms with E-state index in [2.05, 4.69) is 5.32 Å². The zero-order valence-corrected chi connectivity index (χ0v) is 16.2. The summed E-state index contributed by atoms with van der Waals surface area (Å²) in [6.45, 7) is 6.10. The Morgan fingerprint density at radius 3 is 2.41 bits per heavy atom. The first kappa shape index (κ1) is 20.6. The molecular formula is C20H22ClNO5. The van der Waals surface area contributed by atoms with Gasteiger partial charge in [0, 0.05) is 10.7 Å². The second kappa shape index (κ2) is 9.83. The summed E-state index contributed by atoms with van der Waals surface area (Å²) in [5.41, 5.74) is 0.791. The zero-order valence-electron chi connectivity index (χ0n) is 15.5. The third-order valence-corrected chi connectivity index (χ3v) is 3.76. The van der Waals surface area contributed by atoms with Crippen LogP contribution in [-0.2, 0) is 9.53 Å². The number of hydrogen-bond acceptors (Lipinski definition) is 5. The van der Waals surface area contributed by atoms with Crippen molar-refractivity contribution in [2.45, 2.75) is 26.9 Å². The smallest absolute Gasteiger partial charge is 0.339 e. The lowest BCUT2D eigenvalue weighted by atomic mass is 10.2. The van der Waals surface area contributed by atoms with Crippen molar-refractivity contribution >= 4 is 29.2 Å². The molecule has 1 N–H and O–H groups in total. The molecule has 144 valence electrons. The molecule has 0 aliphatic rings. The van der Waals surface area contributed by atoms with Gasteiger partial charge in [-0.3, -0.25) is 4.79 Å². The predicted molar refractivity (Wildman–Crippen MR) is 104 cm³/mol. The van der Waals surface area contributed by atoms with Crippen LogP contribution in [0.25, 0.3) is 0 Å². The van der Waals surface area contributed by atoms with Gasteiger partial charge in [0.1, 0.15) is 0 Å². The van der Waals surface area contributed by atoms with E-state index in [-0.39, 0.29) is 5.56 Å². The number of carbonyl (C=O) groups excluding carboxylic acids is 2. The summed E-state index contributed by atoms with van der Waals surface area (Å²) in [5, 5.41) is 3.15. The minimum absolute atomic E-state index is 0.268. The van der Waals surface area contributed by atoms with Crippen molar-refractivity contribution in [1.82, 2.24) is 0 Å². The molecule has 0 aliphatic heterocycles. The van der Waals surface area contributed by atoms with E-state index < -0.39 is 18.0 Å². The van der Waals surface area contributed by atoms with Crippen LogP contribution >= 0.6 is 11.6 Å². The molecule has 27 heavy (non-hydrogen) atoms. The first-order valence-electron chi connectivity index (χ1n) is 8.61. The molecule has 1 amide bonds. The van der Waals surface area contributed by atoms with Crippen LogP contribution in [0.5, 0.6) is 11.5 Å². The van der Waals surface area contributed by atoms with E-state index in [1.54, 1.807) is 42.5 Å². The molecule has 0 spiro atoms. The minimum atomic E-state index is -0.987. The van der Waals surface area contributed by atoms with Crippen LogP contribution in [-0.4, -0.2) is 31.2 Å². The van der Waals surface area contributed by atoms with E-state index in [4.69, 9.17) is 25.8 Å². The summed E-state index contributed by atoms with van der Waals surface area (Å²) < 4.78 is 16.2. The van der Waals surface area contributed by atoms with Crippen LogP contribution < -0.4 is 14.8 Å². The lowest BCUT2D eigenvalue weighted by Gasteiger charge is -2.15. The van der Waals surface area contributed by atoms with E-state index in [0.29, 0.717) is 35.4 Å². The van der Waals surface area contributed by atoms with Gasteiger partial charge >= 0.3 is 5.97 Å². The summed E-state index contributed by atoms with van der Waals surface area (Å²) in [7, 11) is 0. The molecule has 2 rings (SSSR count). The van der Waals surface area contributed by atoms with Gasteiger partial charge in [-0.05, 0) is 57.2 Å². The lowest BCUT2D eigenvalue weighted by Crippen LogP contribution is -2.30. The number of hydrogen-bond donors (Lipinski definition) is 1. The Morgan fingerprint density at radius 2 is 1.74 bits per heavy atom. The number of anilines is 1. The average Bonchev–Trinajstić information content (AvgIpc) is 2.63. The highest BCUT2D eigenvalue weighted by Gasteiger charge is 2.20. The summed E-state index contributed by atoms with van der Waals surface area (Å²) >= 11 is 5.89. The van der Waals surface area contributed by atoms with Gasteiger partial charge in [0.25, 0.3) is 5.91 Å². The number of benzene rings is 2. The molecule has 0 heterocycles. The molecule has 0 unspecified atom stereocenters. The van der Waals surface area contributed by atoms with E-state index in [1.165, 1.54) is 6.92 Å². The van der Waals surface area contributed by atoms with Crippen molar-refractivity contribution in [3.63, 3.8) is 0 Å². The van der Waals surface area contributed by atoms with Gasteiger partial charge in [0.2, 0.25) is 0 Å². The quantitative estimate of drug-likeness (QED) is 0.678. The highest BCUT2D eigenvalue weighted by atomic mass is 35.5. The number of amides is 1. The minimum Gasteiger partial charge on any atom is -0.490 e. The molecule has 1 atom stereocenters. The van der Waals surface area contributed by atoms with Crippen molar-refractivity contribution in [3.8, 4) is 11.5 Å². The maximum atomic E-state index is 12.4. The molecule has 2 aromatic rings. The van der Waals surface area contributed by atoms with Gasteiger partial charge in [0.05, 0.1) is 18.8 Å². The van der Waals surface area contributed by atoms with Crippen molar-refractivity contribution in [2.75, 3.05) is 18.5 Å². The zero-order chi connectivity index (χ0) is 19.8. The fourth-order valence-electron chi connectivity index (χ4n) is 2.27. The van der Waals surface area contributed by atoms with Gasteiger partial charge in [-0.1, -0.05) is 17.7 Å². The van der Waals surface area contributed by atoms with Gasteiger partial charge in [-0.25, -0.2) is 4.79 Å².